The summed E-state index contributed by atoms with van der Waals surface area (Å²) in [6.07, 6.45) is 10.7. The van der Waals surface area contributed by atoms with E-state index in [4.69, 9.17) is 14.2 Å². The zero-order valence-electron chi connectivity index (χ0n) is 22.5. The maximum absolute atomic E-state index is 12.1. The van der Waals surface area contributed by atoms with Gasteiger partial charge in [-0.1, -0.05) is 95.2 Å². The molecule has 3 rings (SSSR count). The summed E-state index contributed by atoms with van der Waals surface area (Å²) < 4.78 is 17.2. The molecule has 0 saturated heterocycles. The van der Waals surface area contributed by atoms with E-state index in [-0.39, 0.29) is 5.97 Å². The lowest BCUT2D eigenvalue weighted by Crippen LogP contribution is -2.06. The molecule has 0 aliphatic carbocycles. The van der Waals surface area contributed by atoms with E-state index in [1.165, 1.54) is 32.1 Å². The normalized spacial score (nSPS) is 10.8. The molecule has 0 spiro atoms. The van der Waals surface area contributed by atoms with E-state index < -0.39 is 0 Å². The van der Waals surface area contributed by atoms with Gasteiger partial charge in [0.15, 0.2) is 0 Å². The molecule has 0 radical (unpaired) electrons. The van der Waals surface area contributed by atoms with Gasteiger partial charge < -0.3 is 14.2 Å². The Balaban J connectivity index is 1.40. The first-order chi connectivity index (χ1) is 18.2. The number of benzene rings is 3. The molecule has 0 aliphatic rings. The summed E-state index contributed by atoms with van der Waals surface area (Å²) in [7, 11) is 0. The van der Waals surface area contributed by atoms with Crippen molar-refractivity contribution in [1.29, 1.82) is 0 Å². The Kier molecular flexibility index (Phi) is 12.6. The summed E-state index contributed by atoms with van der Waals surface area (Å²) in [4.78, 5) is 12.1. The van der Waals surface area contributed by atoms with Crippen LogP contribution in [-0.2, 0) is 11.3 Å². The van der Waals surface area contributed by atoms with E-state index in [2.05, 4.69) is 38.1 Å². The van der Waals surface area contributed by atoms with Gasteiger partial charge in [0.1, 0.15) is 18.1 Å². The Morgan fingerprint density at radius 2 is 1.08 bits per heavy atom. The Hall–Kier alpha value is -3.27. The number of unbranched alkanes of at least 4 members (excludes halogenated alkanes) is 7. The van der Waals surface area contributed by atoms with Gasteiger partial charge in [0.05, 0.1) is 18.8 Å². The number of hydrogen-bond acceptors (Lipinski definition) is 4. The maximum Gasteiger partial charge on any atom is 0.338 e. The van der Waals surface area contributed by atoms with Crippen LogP contribution >= 0.6 is 0 Å². The number of esters is 1. The number of carbonyl (C=O) groups excluding carboxylic acids is 1. The second-order valence-corrected chi connectivity index (χ2v) is 9.49. The fourth-order valence-electron chi connectivity index (χ4n) is 4.06. The Labute approximate surface area is 223 Å². The predicted octanol–water partition coefficient (Wildman–Crippen LogP) is 9.02. The smallest absolute Gasteiger partial charge is 0.338 e. The Bertz CT molecular complexity index is 1020. The van der Waals surface area contributed by atoms with Crippen LogP contribution in [0.4, 0.5) is 0 Å². The van der Waals surface area contributed by atoms with Crippen LogP contribution in [0.5, 0.6) is 11.5 Å². The minimum Gasteiger partial charge on any atom is -0.494 e. The van der Waals surface area contributed by atoms with Gasteiger partial charge in [0.2, 0.25) is 0 Å². The van der Waals surface area contributed by atoms with Crippen molar-refractivity contribution in [2.24, 2.45) is 0 Å². The SMILES string of the molecule is CCCCCCCCOc1ccc(-c2ccc(OCc3ccc(C(=O)OCCCCC)cc3)cc2)cc1. The Morgan fingerprint density at radius 3 is 1.70 bits per heavy atom. The third-order valence-electron chi connectivity index (χ3n) is 6.38. The zero-order chi connectivity index (χ0) is 26.1. The molecule has 3 aromatic carbocycles. The van der Waals surface area contributed by atoms with Gasteiger partial charge in [-0.05, 0) is 65.9 Å². The van der Waals surface area contributed by atoms with Crippen molar-refractivity contribution >= 4 is 5.97 Å². The summed E-state index contributed by atoms with van der Waals surface area (Å²) in [5.41, 5.74) is 3.86. The van der Waals surface area contributed by atoms with Gasteiger partial charge in [-0.15, -0.1) is 0 Å². The molecule has 0 amide bonds. The molecule has 0 bridgehead atoms. The Morgan fingerprint density at radius 1 is 0.568 bits per heavy atom. The minimum absolute atomic E-state index is 0.267. The molecule has 0 aliphatic heterocycles. The van der Waals surface area contributed by atoms with E-state index in [0.29, 0.717) is 18.8 Å². The van der Waals surface area contributed by atoms with Crippen molar-refractivity contribution in [3.8, 4) is 22.6 Å². The third kappa shape index (κ3) is 10.3. The van der Waals surface area contributed by atoms with Crippen LogP contribution in [0.1, 0.15) is 87.6 Å². The van der Waals surface area contributed by atoms with Gasteiger partial charge in [0.25, 0.3) is 0 Å². The summed E-state index contributed by atoms with van der Waals surface area (Å²) in [6, 6.07) is 23.8. The molecule has 0 N–H and O–H groups in total. The molecule has 4 nitrogen and oxygen atoms in total. The first kappa shape index (κ1) is 28.3. The van der Waals surface area contributed by atoms with Gasteiger partial charge in [-0.3, -0.25) is 0 Å². The molecule has 0 unspecified atom stereocenters. The van der Waals surface area contributed by atoms with E-state index in [9.17, 15) is 4.79 Å². The molecule has 4 heteroatoms. The molecule has 0 atom stereocenters. The van der Waals surface area contributed by atoms with E-state index in [1.807, 2.05) is 36.4 Å². The first-order valence-electron chi connectivity index (χ1n) is 13.9. The number of ether oxygens (including phenoxy) is 3. The number of rotatable bonds is 17. The van der Waals surface area contributed by atoms with Crippen LogP contribution in [0.15, 0.2) is 72.8 Å². The maximum atomic E-state index is 12.1. The van der Waals surface area contributed by atoms with Crippen LogP contribution in [0.25, 0.3) is 11.1 Å². The first-order valence-corrected chi connectivity index (χ1v) is 13.9. The average Bonchev–Trinajstić information content (AvgIpc) is 2.94. The van der Waals surface area contributed by atoms with Crippen molar-refractivity contribution in [2.45, 2.75) is 78.2 Å². The van der Waals surface area contributed by atoms with Crippen LogP contribution in [0.3, 0.4) is 0 Å². The fourth-order valence-corrected chi connectivity index (χ4v) is 4.06. The highest BCUT2D eigenvalue weighted by Crippen LogP contribution is 2.25. The lowest BCUT2D eigenvalue weighted by atomic mass is 10.1. The fraction of sp³-hybridized carbons (Fsp3) is 0.424. The standard InChI is InChI=1S/C33H42O4/c1-3-5-7-8-9-11-24-35-31-20-16-28(17-21-31)29-18-22-32(23-19-29)37-26-27-12-14-30(15-13-27)33(34)36-25-10-6-4-2/h12-23H,3-11,24-26H2,1-2H3. The molecule has 0 saturated carbocycles. The van der Waals surface area contributed by atoms with Crippen LogP contribution in [0, 0.1) is 0 Å². The van der Waals surface area contributed by atoms with Crippen LogP contribution in [0.2, 0.25) is 0 Å². The molecule has 37 heavy (non-hydrogen) atoms. The van der Waals surface area contributed by atoms with E-state index >= 15 is 0 Å². The topological polar surface area (TPSA) is 44.8 Å². The number of hydrogen-bond donors (Lipinski definition) is 0. The van der Waals surface area contributed by atoms with Gasteiger partial charge in [-0.25, -0.2) is 4.79 Å². The minimum atomic E-state index is -0.267. The second-order valence-electron chi connectivity index (χ2n) is 9.49. The molecular weight excluding hydrogens is 460 g/mol. The lowest BCUT2D eigenvalue weighted by molar-refractivity contribution is 0.0498. The number of carbonyl (C=O) groups is 1. The highest BCUT2D eigenvalue weighted by atomic mass is 16.5. The molecule has 0 heterocycles. The van der Waals surface area contributed by atoms with Crippen molar-refractivity contribution in [2.75, 3.05) is 13.2 Å². The van der Waals surface area contributed by atoms with Crippen LogP contribution < -0.4 is 9.47 Å². The molecular formula is C33H42O4. The predicted molar refractivity (Wildman–Crippen MR) is 151 cm³/mol. The third-order valence-corrected chi connectivity index (χ3v) is 6.38. The monoisotopic (exact) mass is 502 g/mol. The lowest BCUT2D eigenvalue weighted by Gasteiger charge is -2.10. The summed E-state index contributed by atoms with van der Waals surface area (Å²) >= 11 is 0. The summed E-state index contributed by atoms with van der Waals surface area (Å²) in [5, 5.41) is 0. The largest absolute Gasteiger partial charge is 0.494 e. The second kappa shape index (κ2) is 16.5. The van der Waals surface area contributed by atoms with E-state index in [0.717, 1.165) is 60.5 Å². The van der Waals surface area contributed by atoms with Crippen molar-refractivity contribution in [3.63, 3.8) is 0 Å². The highest BCUT2D eigenvalue weighted by molar-refractivity contribution is 5.89. The quantitative estimate of drug-likeness (QED) is 0.136. The zero-order valence-corrected chi connectivity index (χ0v) is 22.5. The van der Waals surface area contributed by atoms with Crippen molar-refractivity contribution < 1.29 is 19.0 Å². The van der Waals surface area contributed by atoms with Crippen molar-refractivity contribution in [3.05, 3.63) is 83.9 Å². The molecule has 3 aromatic rings. The molecule has 198 valence electrons. The van der Waals surface area contributed by atoms with Gasteiger partial charge >= 0.3 is 5.97 Å². The summed E-state index contributed by atoms with van der Waals surface area (Å²) in [6.45, 7) is 6.07. The van der Waals surface area contributed by atoms with Crippen molar-refractivity contribution in [1.82, 2.24) is 0 Å². The highest BCUT2D eigenvalue weighted by Gasteiger charge is 2.07. The van der Waals surface area contributed by atoms with Gasteiger partial charge in [-0.2, -0.15) is 0 Å². The van der Waals surface area contributed by atoms with Crippen LogP contribution in [-0.4, -0.2) is 19.2 Å². The van der Waals surface area contributed by atoms with E-state index in [1.54, 1.807) is 12.1 Å². The molecule has 0 fully saturated rings. The summed E-state index contributed by atoms with van der Waals surface area (Å²) in [5.74, 6) is 1.46. The molecule has 0 aromatic heterocycles. The van der Waals surface area contributed by atoms with Gasteiger partial charge in [0, 0.05) is 0 Å². The average molecular weight is 503 g/mol.